The Morgan fingerprint density at radius 2 is 2.10 bits per heavy atom. The molecule has 1 saturated heterocycles. The third kappa shape index (κ3) is 4.72. The number of hydrogen-bond acceptors (Lipinski definition) is 4. The van der Waals surface area contributed by atoms with Crippen LogP contribution in [0.1, 0.15) is 44.9 Å². The fourth-order valence-corrected chi connectivity index (χ4v) is 3.28. The van der Waals surface area contributed by atoms with Crippen molar-refractivity contribution in [2.45, 2.75) is 63.1 Å². The van der Waals surface area contributed by atoms with Gasteiger partial charge in [-0.25, -0.2) is 0 Å². The second-order valence-corrected chi connectivity index (χ2v) is 6.27. The molecule has 2 rings (SSSR count). The molecule has 2 unspecified atom stereocenters. The molecule has 0 aromatic heterocycles. The molecule has 1 amide bonds. The van der Waals surface area contributed by atoms with E-state index in [2.05, 4.69) is 22.6 Å². The average molecular weight is 283 g/mol. The molecule has 1 aliphatic carbocycles. The van der Waals surface area contributed by atoms with E-state index in [1.807, 2.05) is 0 Å². The first kappa shape index (κ1) is 15.7. The molecular formula is C15H29N3O2. The van der Waals surface area contributed by atoms with Gasteiger partial charge in [0.15, 0.2) is 0 Å². The Morgan fingerprint density at radius 3 is 2.75 bits per heavy atom. The van der Waals surface area contributed by atoms with Crippen molar-refractivity contribution in [2.75, 3.05) is 26.7 Å². The minimum absolute atomic E-state index is 0.0295. The third-order valence-corrected chi connectivity index (χ3v) is 4.61. The van der Waals surface area contributed by atoms with Gasteiger partial charge in [0, 0.05) is 19.1 Å². The molecule has 1 heterocycles. The van der Waals surface area contributed by atoms with Crippen molar-refractivity contribution in [1.29, 1.82) is 0 Å². The van der Waals surface area contributed by atoms with Crippen LogP contribution in [0, 0.1) is 0 Å². The fourth-order valence-electron chi connectivity index (χ4n) is 3.28. The highest BCUT2D eigenvalue weighted by Crippen LogP contribution is 2.21. The number of carbonyl (C=O) groups excluding carboxylic acids is 1. The monoisotopic (exact) mass is 283 g/mol. The molecule has 116 valence electrons. The zero-order valence-electron chi connectivity index (χ0n) is 12.6. The van der Waals surface area contributed by atoms with Crippen LogP contribution in [0.25, 0.3) is 0 Å². The summed E-state index contributed by atoms with van der Waals surface area (Å²) < 4.78 is 0. The summed E-state index contributed by atoms with van der Waals surface area (Å²) >= 11 is 0. The predicted molar refractivity (Wildman–Crippen MR) is 79.5 cm³/mol. The summed E-state index contributed by atoms with van der Waals surface area (Å²) in [4.78, 5) is 14.3. The first-order chi connectivity index (χ1) is 9.66. The Morgan fingerprint density at radius 1 is 1.35 bits per heavy atom. The number of carbonyl (C=O) groups is 1. The quantitative estimate of drug-likeness (QED) is 0.621. The Bertz CT molecular complexity index is 305. The van der Waals surface area contributed by atoms with Gasteiger partial charge in [-0.15, -0.1) is 0 Å². The molecule has 1 aliphatic heterocycles. The molecule has 0 radical (unpaired) electrons. The number of aliphatic hydroxyl groups is 1. The van der Waals surface area contributed by atoms with Gasteiger partial charge in [0.1, 0.15) is 0 Å². The van der Waals surface area contributed by atoms with E-state index in [4.69, 9.17) is 0 Å². The number of aliphatic hydroxyl groups excluding tert-OH is 1. The number of β-amino-alcohol motifs (C(OH)–C–C–N with tert-alkyl or cyclic N) is 1. The Kier molecular flexibility index (Phi) is 6.26. The minimum atomic E-state index is -0.372. The second-order valence-electron chi connectivity index (χ2n) is 6.27. The largest absolute Gasteiger partial charge is 0.392 e. The maximum atomic E-state index is 11.8. The Hall–Kier alpha value is -0.650. The van der Waals surface area contributed by atoms with Crippen molar-refractivity contribution in [3.63, 3.8) is 0 Å². The lowest BCUT2D eigenvalue weighted by atomic mass is 9.94. The van der Waals surface area contributed by atoms with Gasteiger partial charge in [-0.1, -0.05) is 19.3 Å². The molecular weight excluding hydrogens is 254 g/mol. The van der Waals surface area contributed by atoms with Gasteiger partial charge in [0.2, 0.25) is 5.91 Å². The number of amides is 1. The molecule has 0 bridgehead atoms. The number of rotatable bonds is 6. The fraction of sp³-hybridized carbons (Fsp3) is 0.933. The highest BCUT2D eigenvalue weighted by atomic mass is 16.3. The van der Waals surface area contributed by atoms with E-state index in [1.54, 1.807) is 0 Å². The number of nitrogens with one attached hydrogen (secondary N) is 2. The summed E-state index contributed by atoms with van der Waals surface area (Å²) in [6, 6.07) is 0.534. The Balaban J connectivity index is 1.55. The van der Waals surface area contributed by atoms with Crippen LogP contribution in [0.4, 0.5) is 0 Å². The standard InChI is InChI=1S/C15H29N3O2/c1-18(12-6-3-2-4-7-12)9-5-8-16-15(20)14-10-13(19)11-17-14/h12-14,17,19H,2-11H2,1H3,(H,16,20). The van der Waals surface area contributed by atoms with Gasteiger partial charge in [0.25, 0.3) is 0 Å². The van der Waals surface area contributed by atoms with Gasteiger partial charge in [-0.05, 0) is 39.3 Å². The maximum absolute atomic E-state index is 11.8. The highest BCUT2D eigenvalue weighted by molar-refractivity contribution is 5.82. The van der Waals surface area contributed by atoms with Crippen LogP contribution in [0.2, 0.25) is 0 Å². The van der Waals surface area contributed by atoms with E-state index in [1.165, 1.54) is 32.1 Å². The first-order valence-corrected chi connectivity index (χ1v) is 8.06. The van der Waals surface area contributed by atoms with E-state index in [9.17, 15) is 9.90 Å². The molecule has 1 saturated carbocycles. The van der Waals surface area contributed by atoms with E-state index in [0.717, 1.165) is 25.6 Å². The summed E-state index contributed by atoms with van der Waals surface area (Å²) in [6.45, 7) is 2.30. The van der Waals surface area contributed by atoms with Gasteiger partial charge in [-0.2, -0.15) is 0 Å². The lowest BCUT2D eigenvalue weighted by molar-refractivity contribution is -0.122. The van der Waals surface area contributed by atoms with Crippen molar-refractivity contribution in [2.24, 2.45) is 0 Å². The minimum Gasteiger partial charge on any atom is -0.392 e. The van der Waals surface area contributed by atoms with Gasteiger partial charge in [0.05, 0.1) is 12.1 Å². The van der Waals surface area contributed by atoms with E-state index in [-0.39, 0.29) is 18.1 Å². The molecule has 2 atom stereocenters. The van der Waals surface area contributed by atoms with Crippen LogP contribution in [0.15, 0.2) is 0 Å². The number of nitrogens with zero attached hydrogens (tertiary/aromatic N) is 1. The van der Waals surface area contributed by atoms with E-state index >= 15 is 0 Å². The van der Waals surface area contributed by atoms with Crippen molar-refractivity contribution in [3.8, 4) is 0 Å². The predicted octanol–water partition coefficient (Wildman–Crippen LogP) is 0.480. The third-order valence-electron chi connectivity index (χ3n) is 4.61. The van der Waals surface area contributed by atoms with Crippen LogP contribution in [0.3, 0.4) is 0 Å². The smallest absolute Gasteiger partial charge is 0.237 e. The lowest BCUT2D eigenvalue weighted by Crippen LogP contribution is -2.41. The molecule has 2 fully saturated rings. The van der Waals surface area contributed by atoms with Crippen LogP contribution >= 0.6 is 0 Å². The average Bonchev–Trinajstić information content (AvgIpc) is 2.91. The van der Waals surface area contributed by atoms with Gasteiger partial charge in [-0.3, -0.25) is 4.79 Å². The van der Waals surface area contributed by atoms with Crippen LogP contribution in [0.5, 0.6) is 0 Å². The normalized spacial score (nSPS) is 27.9. The topological polar surface area (TPSA) is 64.6 Å². The number of hydrogen-bond donors (Lipinski definition) is 3. The molecule has 0 spiro atoms. The van der Waals surface area contributed by atoms with Crippen LogP contribution < -0.4 is 10.6 Å². The molecule has 5 nitrogen and oxygen atoms in total. The molecule has 0 aromatic carbocycles. The molecule has 3 N–H and O–H groups in total. The van der Waals surface area contributed by atoms with Crippen molar-refractivity contribution in [3.05, 3.63) is 0 Å². The van der Waals surface area contributed by atoms with Crippen molar-refractivity contribution >= 4 is 5.91 Å². The molecule has 0 aromatic rings. The summed E-state index contributed by atoms with van der Waals surface area (Å²) in [5.41, 5.74) is 0. The first-order valence-electron chi connectivity index (χ1n) is 8.06. The molecule has 20 heavy (non-hydrogen) atoms. The van der Waals surface area contributed by atoms with E-state index in [0.29, 0.717) is 13.0 Å². The summed E-state index contributed by atoms with van der Waals surface area (Å²) in [6.07, 6.45) is 7.92. The summed E-state index contributed by atoms with van der Waals surface area (Å²) in [7, 11) is 2.20. The SMILES string of the molecule is CN(CCCNC(=O)C1CC(O)CN1)C1CCCCC1. The summed E-state index contributed by atoms with van der Waals surface area (Å²) in [5.74, 6) is 0.0295. The molecule has 2 aliphatic rings. The second kappa shape index (κ2) is 7.96. The zero-order valence-corrected chi connectivity index (χ0v) is 12.6. The van der Waals surface area contributed by atoms with Crippen molar-refractivity contribution in [1.82, 2.24) is 15.5 Å². The van der Waals surface area contributed by atoms with Crippen LogP contribution in [-0.4, -0.2) is 60.8 Å². The summed E-state index contributed by atoms with van der Waals surface area (Å²) in [5, 5.41) is 15.4. The van der Waals surface area contributed by atoms with Gasteiger partial charge < -0.3 is 20.6 Å². The Labute approximate surface area is 122 Å². The van der Waals surface area contributed by atoms with Gasteiger partial charge >= 0.3 is 0 Å². The van der Waals surface area contributed by atoms with Crippen LogP contribution in [-0.2, 0) is 4.79 Å². The van der Waals surface area contributed by atoms with Crippen molar-refractivity contribution < 1.29 is 9.90 Å². The molecule has 5 heteroatoms. The zero-order chi connectivity index (χ0) is 14.4. The highest BCUT2D eigenvalue weighted by Gasteiger charge is 2.27. The lowest BCUT2D eigenvalue weighted by Gasteiger charge is -2.31. The maximum Gasteiger partial charge on any atom is 0.237 e. The van der Waals surface area contributed by atoms with E-state index < -0.39 is 0 Å².